The first-order chi connectivity index (χ1) is 16.5. The first-order valence-corrected chi connectivity index (χ1v) is 12.5. The molecule has 1 atom stereocenters. The van der Waals surface area contributed by atoms with Crippen LogP contribution < -0.4 is 4.74 Å². The highest BCUT2D eigenvalue weighted by atomic mass is 19.1. The number of halogens is 1. The van der Waals surface area contributed by atoms with Crippen molar-refractivity contribution in [1.29, 1.82) is 0 Å². The summed E-state index contributed by atoms with van der Waals surface area (Å²) in [5.41, 5.74) is 0.255. The minimum atomic E-state index is -0.458. The molecular formula is C28H35FN2O3. The zero-order valence-corrected chi connectivity index (χ0v) is 20.0. The summed E-state index contributed by atoms with van der Waals surface area (Å²) in [6, 6.07) is 16.6. The van der Waals surface area contributed by atoms with Crippen molar-refractivity contribution in [1.82, 2.24) is 9.80 Å². The molecule has 34 heavy (non-hydrogen) atoms. The smallest absolute Gasteiger partial charge is 0.229 e. The van der Waals surface area contributed by atoms with Gasteiger partial charge in [0.2, 0.25) is 5.91 Å². The van der Waals surface area contributed by atoms with Gasteiger partial charge >= 0.3 is 0 Å². The normalized spacial score (nSPS) is 24.3. The Labute approximate surface area is 201 Å². The van der Waals surface area contributed by atoms with E-state index in [1.165, 1.54) is 6.07 Å². The van der Waals surface area contributed by atoms with Crippen LogP contribution >= 0.6 is 0 Å². The number of hydrogen-bond acceptors (Lipinski definition) is 4. The number of para-hydroxylation sites is 1. The number of carbonyl (C=O) groups is 1. The molecule has 3 saturated heterocycles. The van der Waals surface area contributed by atoms with Gasteiger partial charge in [0.05, 0.1) is 17.6 Å². The van der Waals surface area contributed by atoms with Crippen molar-refractivity contribution in [2.24, 2.45) is 5.41 Å². The molecule has 0 aliphatic carbocycles. The van der Waals surface area contributed by atoms with Crippen LogP contribution in [0.1, 0.15) is 37.7 Å². The summed E-state index contributed by atoms with van der Waals surface area (Å²) in [6.07, 6.45) is 4.81. The molecule has 2 aromatic rings. The van der Waals surface area contributed by atoms with Crippen LogP contribution in [-0.2, 0) is 16.0 Å². The number of rotatable bonds is 5. The van der Waals surface area contributed by atoms with Gasteiger partial charge in [-0.1, -0.05) is 30.3 Å². The van der Waals surface area contributed by atoms with Crippen LogP contribution in [0, 0.1) is 11.2 Å². The number of ether oxygens (including phenoxy) is 2. The Hall–Kier alpha value is -2.44. The largest absolute Gasteiger partial charge is 0.488 e. The molecule has 0 bridgehead atoms. The summed E-state index contributed by atoms with van der Waals surface area (Å²) in [6.45, 7) is 3.79. The maximum Gasteiger partial charge on any atom is 0.229 e. The van der Waals surface area contributed by atoms with E-state index < -0.39 is 5.41 Å². The van der Waals surface area contributed by atoms with E-state index in [9.17, 15) is 9.18 Å². The number of amides is 1. The second-order valence-corrected chi connectivity index (χ2v) is 10.4. The van der Waals surface area contributed by atoms with Crippen molar-refractivity contribution in [2.45, 2.75) is 50.2 Å². The molecule has 5 nitrogen and oxygen atoms in total. The van der Waals surface area contributed by atoms with Crippen LogP contribution in [-0.4, -0.2) is 67.2 Å². The quantitative estimate of drug-likeness (QED) is 0.659. The van der Waals surface area contributed by atoms with Gasteiger partial charge in [-0.15, -0.1) is 0 Å². The standard InChI is InChI=1S/C28H35FN2O3/c1-30-14-10-27(11-15-30,19-22-6-5-7-23(29)18-22)26(32)31-16-12-28(13-17-31)20-25(21-33-28)34-24-8-3-2-4-9-24/h2-9,18,25H,10-17,19-21H2,1H3/t25-/m0/s1. The van der Waals surface area contributed by atoms with E-state index in [1.54, 1.807) is 12.1 Å². The fraction of sp³-hybridized carbons (Fsp3) is 0.536. The highest BCUT2D eigenvalue weighted by Crippen LogP contribution is 2.41. The fourth-order valence-corrected chi connectivity index (χ4v) is 5.92. The summed E-state index contributed by atoms with van der Waals surface area (Å²) in [4.78, 5) is 18.3. The first-order valence-electron chi connectivity index (χ1n) is 12.5. The number of nitrogens with zero attached hydrogens (tertiary/aromatic N) is 2. The second kappa shape index (κ2) is 9.67. The number of likely N-dealkylation sites (tertiary alicyclic amines) is 2. The molecule has 0 saturated carbocycles. The third kappa shape index (κ3) is 4.98. The Morgan fingerprint density at radius 2 is 1.76 bits per heavy atom. The van der Waals surface area contributed by atoms with E-state index in [2.05, 4.69) is 11.9 Å². The summed E-state index contributed by atoms with van der Waals surface area (Å²) >= 11 is 0. The zero-order valence-electron chi connectivity index (χ0n) is 20.0. The molecule has 1 amide bonds. The molecule has 182 valence electrons. The molecule has 2 aromatic carbocycles. The molecule has 3 heterocycles. The van der Waals surface area contributed by atoms with Crippen molar-refractivity contribution in [2.75, 3.05) is 39.8 Å². The average molecular weight is 467 g/mol. The summed E-state index contributed by atoms with van der Waals surface area (Å²) < 4.78 is 26.3. The highest BCUT2D eigenvalue weighted by Gasteiger charge is 2.48. The molecule has 6 heteroatoms. The van der Waals surface area contributed by atoms with E-state index in [1.807, 2.05) is 41.3 Å². The van der Waals surface area contributed by atoms with Crippen LogP contribution in [0.3, 0.4) is 0 Å². The molecule has 0 unspecified atom stereocenters. The summed E-state index contributed by atoms with van der Waals surface area (Å²) in [5, 5.41) is 0. The molecule has 0 aromatic heterocycles. The fourth-order valence-electron chi connectivity index (χ4n) is 5.92. The SMILES string of the molecule is CN1CCC(Cc2cccc(F)c2)(C(=O)N2CCC3(CC2)C[C@H](Oc2ccccc2)CO3)CC1. The van der Waals surface area contributed by atoms with Gasteiger partial charge < -0.3 is 19.3 Å². The van der Waals surface area contributed by atoms with E-state index in [-0.39, 0.29) is 23.4 Å². The van der Waals surface area contributed by atoms with Crippen LogP contribution in [0.4, 0.5) is 4.39 Å². The molecule has 0 radical (unpaired) electrons. The van der Waals surface area contributed by atoms with Gasteiger partial charge in [-0.25, -0.2) is 4.39 Å². The van der Waals surface area contributed by atoms with Crippen LogP contribution in [0.2, 0.25) is 0 Å². The lowest BCUT2D eigenvalue weighted by Gasteiger charge is -2.45. The van der Waals surface area contributed by atoms with Gasteiger partial charge in [0.1, 0.15) is 17.7 Å². The molecule has 5 rings (SSSR count). The Morgan fingerprint density at radius 3 is 2.47 bits per heavy atom. The molecule has 3 aliphatic rings. The molecule has 3 aliphatic heterocycles. The van der Waals surface area contributed by atoms with Crippen LogP contribution in [0.25, 0.3) is 0 Å². The van der Waals surface area contributed by atoms with Gasteiger partial charge in [-0.05, 0) is 82.1 Å². The number of hydrogen-bond donors (Lipinski definition) is 0. The molecule has 3 fully saturated rings. The average Bonchev–Trinajstić information content (AvgIpc) is 3.23. The highest BCUT2D eigenvalue weighted by molar-refractivity contribution is 5.83. The summed E-state index contributed by atoms with van der Waals surface area (Å²) in [7, 11) is 2.10. The third-order valence-electron chi connectivity index (χ3n) is 8.01. The number of carbonyl (C=O) groups excluding carboxylic acids is 1. The number of benzene rings is 2. The van der Waals surface area contributed by atoms with Gasteiger partial charge in [-0.2, -0.15) is 0 Å². The lowest BCUT2D eigenvalue weighted by atomic mass is 9.72. The number of piperidine rings is 2. The first kappa shape index (κ1) is 23.3. The predicted octanol–water partition coefficient (Wildman–Crippen LogP) is 4.31. The van der Waals surface area contributed by atoms with E-state index in [0.29, 0.717) is 26.1 Å². The Bertz CT molecular complexity index is 982. The van der Waals surface area contributed by atoms with Crippen molar-refractivity contribution >= 4 is 5.91 Å². The molecule has 0 N–H and O–H groups in total. The van der Waals surface area contributed by atoms with Gasteiger partial charge in [0.25, 0.3) is 0 Å². The van der Waals surface area contributed by atoms with Crippen molar-refractivity contribution in [3.63, 3.8) is 0 Å². The Kier molecular flexibility index (Phi) is 6.63. The van der Waals surface area contributed by atoms with E-state index >= 15 is 0 Å². The van der Waals surface area contributed by atoms with Crippen LogP contribution in [0.15, 0.2) is 54.6 Å². The van der Waals surface area contributed by atoms with Crippen molar-refractivity contribution in [3.05, 3.63) is 66.0 Å². The minimum Gasteiger partial charge on any atom is -0.488 e. The van der Waals surface area contributed by atoms with Crippen LogP contribution in [0.5, 0.6) is 5.75 Å². The zero-order chi connectivity index (χ0) is 23.6. The van der Waals surface area contributed by atoms with E-state index in [0.717, 1.165) is 56.5 Å². The lowest BCUT2D eigenvalue weighted by molar-refractivity contribution is -0.149. The maximum absolute atomic E-state index is 13.9. The Morgan fingerprint density at radius 1 is 1.03 bits per heavy atom. The second-order valence-electron chi connectivity index (χ2n) is 10.4. The summed E-state index contributed by atoms with van der Waals surface area (Å²) in [5.74, 6) is 0.871. The van der Waals surface area contributed by atoms with Gasteiger partial charge in [-0.3, -0.25) is 4.79 Å². The Balaban J connectivity index is 1.23. The topological polar surface area (TPSA) is 42.0 Å². The predicted molar refractivity (Wildman–Crippen MR) is 129 cm³/mol. The van der Waals surface area contributed by atoms with Crippen molar-refractivity contribution in [3.8, 4) is 5.75 Å². The van der Waals surface area contributed by atoms with Gasteiger partial charge in [0, 0.05) is 19.5 Å². The maximum atomic E-state index is 13.9. The van der Waals surface area contributed by atoms with E-state index in [4.69, 9.17) is 9.47 Å². The molecule has 1 spiro atoms. The minimum absolute atomic E-state index is 0.0536. The van der Waals surface area contributed by atoms with Gasteiger partial charge in [0.15, 0.2) is 0 Å². The third-order valence-corrected chi connectivity index (χ3v) is 8.01. The molecular weight excluding hydrogens is 431 g/mol. The lowest BCUT2D eigenvalue weighted by Crippen LogP contribution is -2.54. The monoisotopic (exact) mass is 466 g/mol. The van der Waals surface area contributed by atoms with Crippen molar-refractivity contribution < 1.29 is 18.7 Å².